The van der Waals surface area contributed by atoms with Crippen LogP contribution in [0.15, 0.2) is 53.7 Å². The van der Waals surface area contributed by atoms with Crippen LogP contribution in [0.25, 0.3) is 0 Å². The Kier molecular flexibility index (Phi) is 5.84. The molecule has 0 amide bonds. The summed E-state index contributed by atoms with van der Waals surface area (Å²) < 4.78 is 52.4. The zero-order valence-electron chi connectivity index (χ0n) is 13.6. The highest BCUT2D eigenvalue weighted by Crippen LogP contribution is 2.22. The Labute approximate surface area is 145 Å². The maximum Gasteiger partial charge on any atom is 0.263 e. The van der Waals surface area contributed by atoms with Gasteiger partial charge in [-0.1, -0.05) is 12.1 Å². The van der Waals surface area contributed by atoms with E-state index in [0.29, 0.717) is 0 Å². The Morgan fingerprint density at radius 1 is 1.24 bits per heavy atom. The van der Waals surface area contributed by atoms with Crippen molar-refractivity contribution in [2.45, 2.75) is 37.0 Å². The first-order chi connectivity index (χ1) is 11.7. The fraction of sp³-hybridized carbons (Fsp3) is 0.294. The average Bonchev–Trinajstić information content (AvgIpc) is 2.54. The summed E-state index contributed by atoms with van der Waals surface area (Å²) in [6.45, 7) is 0.811. The molecular weight excluding hydrogens is 350 g/mol. The second kappa shape index (κ2) is 7.69. The molecule has 1 heterocycles. The lowest BCUT2D eigenvalue weighted by atomic mass is 10.0. The third kappa shape index (κ3) is 5.90. The number of carbonyl (C=O) groups excluding carboxylic acids is 1. The molecule has 1 N–H and O–H groups in total. The van der Waals surface area contributed by atoms with Crippen molar-refractivity contribution in [1.29, 1.82) is 0 Å². The van der Waals surface area contributed by atoms with Gasteiger partial charge in [0, 0.05) is 36.5 Å². The van der Waals surface area contributed by atoms with E-state index in [9.17, 15) is 22.0 Å². The number of ketones is 1. The topological polar surface area (TPSA) is 76.1 Å². The fourth-order valence-corrected chi connectivity index (χ4v) is 3.19. The number of Topliss-reactive ketones (excluding diaryl/α,β-unsaturated/α-hetero) is 1. The number of rotatable bonds is 8. The number of halogens is 2. The van der Waals surface area contributed by atoms with E-state index in [4.69, 9.17) is 0 Å². The van der Waals surface area contributed by atoms with Gasteiger partial charge in [0.2, 0.25) is 5.92 Å². The number of aromatic nitrogens is 1. The standard InChI is InChI=1S/C17H18F2N2O3S/c1-17(18,19)9-3-8-16(22)13-5-2-6-14(11-13)21-25(23,24)15-7-4-10-20-12-15/h2,4-7,10-12,21H,3,8-9H2,1H3. The van der Waals surface area contributed by atoms with E-state index in [-0.39, 0.29) is 41.2 Å². The minimum atomic E-state index is -3.82. The normalized spacial score (nSPS) is 12.0. The molecule has 0 aliphatic heterocycles. The van der Waals surface area contributed by atoms with E-state index in [1.54, 1.807) is 0 Å². The number of sulfonamides is 1. The number of nitrogens with zero attached hydrogens (tertiary/aromatic N) is 1. The summed E-state index contributed by atoms with van der Waals surface area (Å²) >= 11 is 0. The number of pyridine rings is 1. The van der Waals surface area contributed by atoms with Crippen LogP contribution < -0.4 is 4.72 Å². The maximum absolute atomic E-state index is 12.8. The van der Waals surface area contributed by atoms with Gasteiger partial charge < -0.3 is 0 Å². The predicted molar refractivity (Wildman–Crippen MR) is 90.3 cm³/mol. The Balaban J connectivity index is 2.07. The molecule has 0 aliphatic rings. The molecule has 0 spiro atoms. The van der Waals surface area contributed by atoms with E-state index in [0.717, 1.165) is 6.92 Å². The van der Waals surface area contributed by atoms with Gasteiger partial charge in [-0.15, -0.1) is 0 Å². The third-order valence-corrected chi connectivity index (χ3v) is 4.77. The average molecular weight is 368 g/mol. The number of nitrogens with one attached hydrogen (secondary N) is 1. The molecule has 0 unspecified atom stereocenters. The van der Waals surface area contributed by atoms with Crippen molar-refractivity contribution >= 4 is 21.5 Å². The number of alkyl halides is 2. The third-order valence-electron chi connectivity index (χ3n) is 3.40. The fourth-order valence-electron chi connectivity index (χ4n) is 2.18. The van der Waals surface area contributed by atoms with Crippen LogP contribution in [0, 0.1) is 0 Å². The summed E-state index contributed by atoms with van der Waals surface area (Å²) in [6.07, 6.45) is 2.34. The SMILES string of the molecule is CC(F)(F)CCCC(=O)c1cccc(NS(=O)(=O)c2cccnc2)c1. The second-order valence-corrected chi connectivity index (χ2v) is 7.40. The highest BCUT2D eigenvalue weighted by molar-refractivity contribution is 7.92. The predicted octanol–water partition coefficient (Wildman–Crippen LogP) is 3.89. The summed E-state index contributed by atoms with van der Waals surface area (Å²) in [6, 6.07) is 8.84. The molecule has 0 saturated heterocycles. The molecular formula is C17H18F2N2O3S. The van der Waals surface area contributed by atoms with Gasteiger partial charge in [0.1, 0.15) is 4.90 Å². The Morgan fingerprint density at radius 2 is 2.00 bits per heavy atom. The van der Waals surface area contributed by atoms with Crippen LogP contribution in [0.5, 0.6) is 0 Å². The van der Waals surface area contributed by atoms with Crippen LogP contribution in [0.2, 0.25) is 0 Å². The van der Waals surface area contributed by atoms with Gasteiger partial charge in [-0.05, 0) is 37.6 Å². The highest BCUT2D eigenvalue weighted by atomic mass is 32.2. The number of benzene rings is 1. The molecule has 1 aromatic heterocycles. The molecule has 0 fully saturated rings. The molecule has 1 aromatic carbocycles. The lowest BCUT2D eigenvalue weighted by Gasteiger charge is -2.10. The number of hydrogen-bond acceptors (Lipinski definition) is 4. The van der Waals surface area contributed by atoms with Crippen molar-refractivity contribution < 1.29 is 22.0 Å². The minimum absolute atomic E-state index is 0.00286. The van der Waals surface area contributed by atoms with E-state index in [1.807, 2.05) is 0 Å². The molecule has 2 aromatic rings. The minimum Gasteiger partial charge on any atom is -0.294 e. The zero-order valence-corrected chi connectivity index (χ0v) is 14.4. The van der Waals surface area contributed by atoms with Gasteiger partial charge in [0.15, 0.2) is 5.78 Å². The van der Waals surface area contributed by atoms with Gasteiger partial charge in [0.25, 0.3) is 10.0 Å². The summed E-state index contributed by atoms with van der Waals surface area (Å²) in [4.78, 5) is 15.8. The summed E-state index contributed by atoms with van der Waals surface area (Å²) in [5, 5.41) is 0. The largest absolute Gasteiger partial charge is 0.294 e. The van der Waals surface area contributed by atoms with E-state index in [2.05, 4.69) is 9.71 Å². The van der Waals surface area contributed by atoms with Crippen LogP contribution in [0.3, 0.4) is 0 Å². The molecule has 0 bridgehead atoms. The molecule has 0 radical (unpaired) electrons. The summed E-state index contributed by atoms with van der Waals surface area (Å²) in [5.41, 5.74) is 0.487. The molecule has 0 aliphatic carbocycles. The van der Waals surface area contributed by atoms with Crippen LogP contribution in [-0.4, -0.2) is 25.1 Å². The van der Waals surface area contributed by atoms with Gasteiger partial charge in [-0.3, -0.25) is 14.5 Å². The first-order valence-corrected chi connectivity index (χ1v) is 9.10. The lowest BCUT2D eigenvalue weighted by molar-refractivity contribution is 0.0108. The summed E-state index contributed by atoms with van der Waals surface area (Å²) in [5.74, 6) is -3.12. The number of anilines is 1. The van der Waals surface area contributed by atoms with Crippen molar-refractivity contribution in [2.75, 3.05) is 4.72 Å². The maximum atomic E-state index is 12.8. The van der Waals surface area contributed by atoms with Crippen molar-refractivity contribution in [3.05, 3.63) is 54.4 Å². The monoisotopic (exact) mass is 368 g/mol. The molecule has 5 nitrogen and oxygen atoms in total. The zero-order chi connectivity index (χ0) is 18.5. The Bertz CT molecular complexity index is 834. The Morgan fingerprint density at radius 3 is 2.64 bits per heavy atom. The summed E-state index contributed by atoms with van der Waals surface area (Å²) in [7, 11) is -3.82. The Hall–Kier alpha value is -2.35. The molecule has 25 heavy (non-hydrogen) atoms. The van der Waals surface area contributed by atoms with E-state index in [1.165, 1.54) is 48.8 Å². The van der Waals surface area contributed by atoms with E-state index < -0.39 is 15.9 Å². The van der Waals surface area contributed by atoms with Crippen LogP contribution in [0.1, 0.15) is 36.5 Å². The van der Waals surface area contributed by atoms with E-state index >= 15 is 0 Å². The van der Waals surface area contributed by atoms with Gasteiger partial charge >= 0.3 is 0 Å². The lowest BCUT2D eigenvalue weighted by Crippen LogP contribution is -2.13. The number of carbonyl (C=O) groups is 1. The van der Waals surface area contributed by atoms with Crippen LogP contribution in [0.4, 0.5) is 14.5 Å². The molecule has 8 heteroatoms. The molecule has 0 atom stereocenters. The van der Waals surface area contributed by atoms with Crippen LogP contribution in [-0.2, 0) is 10.0 Å². The van der Waals surface area contributed by atoms with Crippen LogP contribution >= 0.6 is 0 Å². The molecule has 0 saturated carbocycles. The molecule has 134 valence electrons. The van der Waals surface area contributed by atoms with Gasteiger partial charge in [-0.25, -0.2) is 17.2 Å². The van der Waals surface area contributed by atoms with Gasteiger partial charge in [-0.2, -0.15) is 0 Å². The smallest absolute Gasteiger partial charge is 0.263 e. The number of hydrogen-bond donors (Lipinski definition) is 1. The second-order valence-electron chi connectivity index (χ2n) is 5.72. The molecule has 2 rings (SSSR count). The van der Waals surface area contributed by atoms with Crippen molar-refractivity contribution in [3.8, 4) is 0 Å². The first kappa shape index (κ1) is 19.0. The van der Waals surface area contributed by atoms with Crippen molar-refractivity contribution in [1.82, 2.24) is 4.98 Å². The quantitative estimate of drug-likeness (QED) is 0.717. The van der Waals surface area contributed by atoms with Crippen molar-refractivity contribution in [2.24, 2.45) is 0 Å². The first-order valence-electron chi connectivity index (χ1n) is 7.61. The van der Waals surface area contributed by atoms with Crippen molar-refractivity contribution in [3.63, 3.8) is 0 Å². The highest BCUT2D eigenvalue weighted by Gasteiger charge is 2.21. The van der Waals surface area contributed by atoms with Gasteiger partial charge in [0.05, 0.1) is 0 Å².